The van der Waals surface area contributed by atoms with Gasteiger partial charge in [0.1, 0.15) is 23.1 Å². The van der Waals surface area contributed by atoms with Gasteiger partial charge in [-0.3, -0.25) is 14.9 Å². The third-order valence-electron chi connectivity index (χ3n) is 4.27. The fourth-order valence-corrected chi connectivity index (χ4v) is 2.91. The molecule has 0 spiro atoms. The summed E-state index contributed by atoms with van der Waals surface area (Å²) in [5.74, 6) is -1.84. The summed E-state index contributed by atoms with van der Waals surface area (Å²) >= 11 is 0. The normalized spacial score (nSPS) is 10.7. The highest BCUT2D eigenvalue weighted by atomic mass is 19.1. The highest BCUT2D eigenvalue weighted by Gasteiger charge is 2.29. The van der Waals surface area contributed by atoms with E-state index in [-0.39, 0.29) is 28.3 Å². The number of methoxy groups -OCH3 is 2. The van der Waals surface area contributed by atoms with Gasteiger partial charge in [-0.15, -0.1) is 0 Å². The molecule has 3 aromatic rings. The van der Waals surface area contributed by atoms with E-state index in [1.54, 1.807) is 0 Å². The molecule has 29 heavy (non-hydrogen) atoms. The summed E-state index contributed by atoms with van der Waals surface area (Å²) in [6, 6.07) is 6.75. The monoisotopic (exact) mass is 403 g/mol. The van der Waals surface area contributed by atoms with Crippen LogP contribution in [0.25, 0.3) is 22.4 Å². The van der Waals surface area contributed by atoms with Crippen LogP contribution in [0.15, 0.2) is 41.2 Å². The molecular weight excluding hydrogens is 388 g/mol. The number of benzene rings is 2. The van der Waals surface area contributed by atoms with Crippen LogP contribution in [0.3, 0.4) is 0 Å². The minimum Gasteiger partial charge on any atom is -0.497 e. The SMILES string of the molecule is COc1cc(OC)c([N+](=O)[O-])c(-c2nn(C)c(=O)cc2-c2c(F)cccc2F)c1. The van der Waals surface area contributed by atoms with Gasteiger partial charge in [0.25, 0.3) is 5.56 Å². The molecule has 0 atom stereocenters. The summed E-state index contributed by atoms with van der Waals surface area (Å²) < 4.78 is 40.1. The first-order chi connectivity index (χ1) is 13.8. The van der Waals surface area contributed by atoms with Crippen LogP contribution < -0.4 is 15.0 Å². The fraction of sp³-hybridized carbons (Fsp3) is 0.158. The molecule has 0 aliphatic heterocycles. The number of nitrogens with zero attached hydrogens (tertiary/aromatic N) is 3. The van der Waals surface area contributed by atoms with Gasteiger partial charge in [-0.05, 0) is 18.2 Å². The smallest absolute Gasteiger partial charge is 0.320 e. The number of hydrogen-bond acceptors (Lipinski definition) is 6. The Balaban J connectivity index is 2.49. The van der Waals surface area contributed by atoms with Crippen LogP contribution in [0.2, 0.25) is 0 Å². The molecule has 3 rings (SSSR count). The number of aryl methyl sites for hydroxylation is 1. The largest absolute Gasteiger partial charge is 0.497 e. The maximum absolute atomic E-state index is 14.5. The lowest BCUT2D eigenvalue weighted by Gasteiger charge is -2.14. The number of ether oxygens (including phenoxy) is 2. The standard InChI is InChI=1S/C19H15F2N3O5/c1-23-16(25)9-11(17-13(20)5-4-6-14(17)21)18(22-23)12-7-10(28-2)8-15(29-3)19(12)24(26)27/h4-9H,1-3H3. The Labute approximate surface area is 163 Å². The van der Waals surface area contributed by atoms with Gasteiger partial charge in [-0.25, -0.2) is 13.5 Å². The van der Waals surface area contributed by atoms with Crippen molar-refractivity contribution >= 4 is 5.69 Å². The summed E-state index contributed by atoms with van der Waals surface area (Å²) in [4.78, 5) is 23.2. The zero-order valence-corrected chi connectivity index (χ0v) is 15.6. The van der Waals surface area contributed by atoms with Gasteiger partial charge in [-0.1, -0.05) is 6.07 Å². The number of nitro benzene ring substituents is 1. The van der Waals surface area contributed by atoms with Crippen LogP contribution in [-0.2, 0) is 7.05 Å². The summed E-state index contributed by atoms with van der Waals surface area (Å²) in [6.07, 6.45) is 0. The average molecular weight is 403 g/mol. The summed E-state index contributed by atoms with van der Waals surface area (Å²) in [5.41, 5.74) is -2.20. The van der Waals surface area contributed by atoms with Gasteiger partial charge < -0.3 is 9.47 Å². The molecule has 0 saturated heterocycles. The van der Waals surface area contributed by atoms with Crippen molar-refractivity contribution in [3.8, 4) is 33.9 Å². The Kier molecular flexibility index (Phi) is 5.26. The van der Waals surface area contributed by atoms with E-state index in [4.69, 9.17) is 9.47 Å². The number of hydrogen-bond donors (Lipinski definition) is 0. The number of nitro groups is 1. The predicted molar refractivity (Wildman–Crippen MR) is 100 cm³/mol. The molecule has 1 aromatic heterocycles. The summed E-state index contributed by atoms with van der Waals surface area (Å²) in [7, 11) is 3.89. The number of rotatable bonds is 5. The van der Waals surface area contributed by atoms with Gasteiger partial charge in [0.15, 0.2) is 0 Å². The van der Waals surface area contributed by atoms with Crippen molar-refractivity contribution in [2.75, 3.05) is 14.2 Å². The topological polar surface area (TPSA) is 96.5 Å². The van der Waals surface area contributed by atoms with Crippen molar-refractivity contribution in [3.63, 3.8) is 0 Å². The Hall–Kier alpha value is -3.82. The molecule has 0 aliphatic rings. The molecule has 0 unspecified atom stereocenters. The second-order valence-corrected chi connectivity index (χ2v) is 5.95. The minimum absolute atomic E-state index is 0.126. The van der Waals surface area contributed by atoms with Crippen LogP contribution in [0.5, 0.6) is 11.5 Å². The van der Waals surface area contributed by atoms with Crippen LogP contribution in [0.1, 0.15) is 0 Å². The highest BCUT2D eigenvalue weighted by molar-refractivity contribution is 5.87. The summed E-state index contributed by atoms with van der Waals surface area (Å²) in [6.45, 7) is 0. The quantitative estimate of drug-likeness (QED) is 0.479. The Morgan fingerprint density at radius 3 is 2.28 bits per heavy atom. The van der Waals surface area contributed by atoms with Gasteiger partial charge in [0.05, 0.1) is 30.3 Å². The maximum atomic E-state index is 14.5. The first-order valence-corrected chi connectivity index (χ1v) is 8.22. The molecule has 0 amide bonds. The maximum Gasteiger partial charge on any atom is 0.320 e. The average Bonchev–Trinajstić information content (AvgIpc) is 2.68. The molecule has 150 valence electrons. The number of aromatic nitrogens is 2. The first kappa shape index (κ1) is 19.9. The Morgan fingerprint density at radius 2 is 1.72 bits per heavy atom. The van der Waals surface area contributed by atoms with Crippen molar-refractivity contribution in [2.45, 2.75) is 0 Å². The Bertz CT molecular complexity index is 1160. The molecule has 0 radical (unpaired) electrons. The Morgan fingerprint density at radius 1 is 1.07 bits per heavy atom. The molecule has 10 heteroatoms. The van der Waals surface area contributed by atoms with Crippen LogP contribution >= 0.6 is 0 Å². The van der Waals surface area contributed by atoms with Crippen molar-refractivity contribution in [1.29, 1.82) is 0 Å². The van der Waals surface area contributed by atoms with Gasteiger partial charge in [-0.2, -0.15) is 5.10 Å². The minimum atomic E-state index is -0.946. The van der Waals surface area contributed by atoms with E-state index >= 15 is 0 Å². The molecule has 0 aliphatic carbocycles. The zero-order valence-electron chi connectivity index (χ0n) is 15.6. The van der Waals surface area contributed by atoms with E-state index in [9.17, 15) is 23.7 Å². The molecule has 0 N–H and O–H groups in total. The van der Waals surface area contributed by atoms with E-state index in [1.165, 1.54) is 39.5 Å². The molecule has 8 nitrogen and oxygen atoms in total. The van der Waals surface area contributed by atoms with E-state index in [1.807, 2.05) is 0 Å². The van der Waals surface area contributed by atoms with Crippen LogP contribution in [0.4, 0.5) is 14.5 Å². The van der Waals surface area contributed by atoms with E-state index in [0.29, 0.717) is 0 Å². The van der Waals surface area contributed by atoms with Crippen LogP contribution in [-0.4, -0.2) is 28.9 Å². The van der Waals surface area contributed by atoms with Crippen molar-refractivity contribution in [3.05, 3.63) is 68.5 Å². The van der Waals surface area contributed by atoms with Crippen molar-refractivity contribution < 1.29 is 23.2 Å². The molecule has 2 aromatic carbocycles. The molecule has 0 fully saturated rings. The number of halogens is 2. The van der Waals surface area contributed by atoms with Gasteiger partial charge in [0, 0.05) is 24.7 Å². The lowest BCUT2D eigenvalue weighted by atomic mass is 9.97. The zero-order chi connectivity index (χ0) is 21.3. The highest BCUT2D eigenvalue weighted by Crippen LogP contribution is 2.43. The van der Waals surface area contributed by atoms with Gasteiger partial charge >= 0.3 is 5.69 Å². The van der Waals surface area contributed by atoms with E-state index < -0.39 is 33.4 Å². The lowest BCUT2D eigenvalue weighted by Crippen LogP contribution is -2.20. The third kappa shape index (κ3) is 3.51. The fourth-order valence-electron chi connectivity index (χ4n) is 2.91. The van der Waals surface area contributed by atoms with Crippen molar-refractivity contribution in [2.24, 2.45) is 7.05 Å². The summed E-state index contributed by atoms with van der Waals surface area (Å²) in [5, 5.41) is 15.8. The van der Waals surface area contributed by atoms with E-state index in [2.05, 4.69) is 5.10 Å². The van der Waals surface area contributed by atoms with E-state index in [0.717, 1.165) is 22.9 Å². The molecule has 0 saturated carbocycles. The lowest BCUT2D eigenvalue weighted by molar-refractivity contribution is -0.385. The molecule has 1 heterocycles. The van der Waals surface area contributed by atoms with Crippen LogP contribution in [0, 0.1) is 21.7 Å². The molecular formula is C19H15F2N3O5. The van der Waals surface area contributed by atoms with Crippen molar-refractivity contribution in [1.82, 2.24) is 9.78 Å². The third-order valence-corrected chi connectivity index (χ3v) is 4.27. The first-order valence-electron chi connectivity index (χ1n) is 8.22. The predicted octanol–water partition coefficient (Wildman–Crippen LogP) is 3.32. The molecule has 0 bridgehead atoms. The second kappa shape index (κ2) is 7.66. The van der Waals surface area contributed by atoms with Gasteiger partial charge in [0.2, 0.25) is 5.75 Å². The second-order valence-electron chi connectivity index (χ2n) is 5.95.